The first-order chi connectivity index (χ1) is 13.5. The zero-order chi connectivity index (χ0) is 19.8. The third kappa shape index (κ3) is 2.87. The van der Waals surface area contributed by atoms with Crippen LogP contribution >= 0.6 is 11.3 Å². The summed E-state index contributed by atoms with van der Waals surface area (Å²) in [6.45, 7) is 0. The summed E-state index contributed by atoms with van der Waals surface area (Å²) in [7, 11) is 0. The molecule has 0 fully saturated rings. The van der Waals surface area contributed by atoms with Crippen LogP contribution in [-0.4, -0.2) is 21.8 Å². The van der Waals surface area contributed by atoms with Crippen LogP contribution in [0.1, 0.15) is 21.3 Å². The van der Waals surface area contributed by atoms with Crippen molar-refractivity contribution in [1.29, 1.82) is 0 Å². The number of halogens is 2. The molecule has 1 aliphatic heterocycles. The molecule has 3 heterocycles. The first-order valence-corrected chi connectivity index (χ1v) is 9.07. The number of carbonyl (C=O) groups excluding carboxylic acids is 2. The summed E-state index contributed by atoms with van der Waals surface area (Å²) in [5.41, 5.74) is -0.202. The van der Waals surface area contributed by atoms with E-state index < -0.39 is 35.1 Å². The topological polar surface area (TPSA) is 70.5 Å². The lowest BCUT2D eigenvalue weighted by molar-refractivity contribution is -0.117. The summed E-state index contributed by atoms with van der Waals surface area (Å²) < 4.78 is 28.2. The highest BCUT2D eigenvalue weighted by atomic mass is 32.1. The molecule has 0 aliphatic carbocycles. The molecule has 0 bridgehead atoms. The minimum atomic E-state index is -1.15. The number of rotatable bonds is 4. The van der Waals surface area contributed by atoms with Crippen LogP contribution in [0.2, 0.25) is 0 Å². The average molecular weight is 398 g/mol. The van der Waals surface area contributed by atoms with Crippen LogP contribution in [0.25, 0.3) is 0 Å². The number of aliphatic hydroxyl groups is 1. The Morgan fingerprint density at radius 3 is 2.68 bits per heavy atom. The molecule has 0 radical (unpaired) electrons. The van der Waals surface area contributed by atoms with E-state index in [9.17, 15) is 23.5 Å². The Bertz CT molecular complexity index is 1100. The number of hydrogen-bond acceptors (Lipinski definition) is 5. The van der Waals surface area contributed by atoms with Crippen LogP contribution in [0.3, 0.4) is 0 Å². The van der Waals surface area contributed by atoms with Gasteiger partial charge in [-0.15, -0.1) is 11.3 Å². The maximum Gasteiger partial charge on any atom is 0.294 e. The smallest absolute Gasteiger partial charge is 0.294 e. The van der Waals surface area contributed by atoms with Crippen molar-refractivity contribution < 1.29 is 23.5 Å². The molecular formula is C20H12F2N2O3S. The number of hydrogen-bond donors (Lipinski definition) is 1. The Hall–Kier alpha value is -3.39. The maximum atomic E-state index is 14.5. The van der Waals surface area contributed by atoms with E-state index in [1.54, 1.807) is 29.6 Å². The number of nitrogens with zero attached hydrogens (tertiary/aromatic N) is 2. The van der Waals surface area contributed by atoms with Gasteiger partial charge in [0.2, 0.25) is 5.78 Å². The summed E-state index contributed by atoms with van der Waals surface area (Å²) in [6, 6.07) is 7.91. The highest BCUT2D eigenvalue weighted by Gasteiger charge is 2.45. The van der Waals surface area contributed by atoms with Gasteiger partial charge in [0, 0.05) is 18.5 Å². The Labute approximate surface area is 162 Å². The quantitative estimate of drug-likeness (QED) is 0.669. The van der Waals surface area contributed by atoms with Gasteiger partial charge in [0.15, 0.2) is 5.76 Å². The lowest BCUT2D eigenvalue weighted by atomic mass is 9.96. The molecule has 5 nitrogen and oxygen atoms in total. The van der Waals surface area contributed by atoms with E-state index in [1.165, 1.54) is 12.4 Å². The minimum absolute atomic E-state index is 0.205. The lowest BCUT2D eigenvalue weighted by Gasteiger charge is -2.26. The predicted molar refractivity (Wildman–Crippen MR) is 99.1 cm³/mol. The van der Waals surface area contributed by atoms with E-state index in [4.69, 9.17) is 0 Å². The molecule has 1 aliphatic rings. The summed E-state index contributed by atoms with van der Waals surface area (Å²) >= 11 is 1.15. The molecule has 1 unspecified atom stereocenters. The molecule has 140 valence electrons. The summed E-state index contributed by atoms with van der Waals surface area (Å²) in [5.74, 6) is -3.96. The average Bonchev–Trinajstić information content (AvgIpc) is 3.32. The van der Waals surface area contributed by atoms with Gasteiger partial charge in [0.05, 0.1) is 22.2 Å². The van der Waals surface area contributed by atoms with E-state index in [0.717, 1.165) is 34.4 Å². The Morgan fingerprint density at radius 1 is 1.18 bits per heavy atom. The van der Waals surface area contributed by atoms with Crippen LogP contribution in [-0.2, 0) is 4.79 Å². The number of thiophene rings is 1. The van der Waals surface area contributed by atoms with Crippen LogP contribution in [0, 0.1) is 11.6 Å². The Kier molecular flexibility index (Phi) is 4.48. The van der Waals surface area contributed by atoms with Crippen molar-refractivity contribution in [2.45, 2.75) is 6.04 Å². The fraction of sp³-hybridized carbons (Fsp3) is 0.0500. The molecule has 0 saturated heterocycles. The van der Waals surface area contributed by atoms with Crippen LogP contribution in [0.4, 0.5) is 14.5 Å². The summed E-state index contributed by atoms with van der Waals surface area (Å²) in [6.07, 6.45) is 2.90. The second kappa shape index (κ2) is 6.97. The number of ketones is 1. The molecule has 3 aromatic rings. The molecule has 8 heteroatoms. The molecule has 0 spiro atoms. The van der Waals surface area contributed by atoms with Gasteiger partial charge in [-0.3, -0.25) is 19.5 Å². The Morgan fingerprint density at radius 2 is 2.00 bits per heavy atom. The second-order valence-electron chi connectivity index (χ2n) is 6.03. The molecular weight excluding hydrogens is 386 g/mol. The van der Waals surface area contributed by atoms with Gasteiger partial charge in [0.25, 0.3) is 5.91 Å². The van der Waals surface area contributed by atoms with Crippen molar-refractivity contribution in [3.8, 4) is 0 Å². The first-order valence-electron chi connectivity index (χ1n) is 8.19. The third-order valence-electron chi connectivity index (χ3n) is 4.37. The van der Waals surface area contributed by atoms with E-state index in [2.05, 4.69) is 4.98 Å². The first kappa shape index (κ1) is 18.0. The maximum absolute atomic E-state index is 14.5. The summed E-state index contributed by atoms with van der Waals surface area (Å²) in [5, 5.41) is 12.2. The highest BCUT2D eigenvalue weighted by Crippen LogP contribution is 2.42. The van der Waals surface area contributed by atoms with Crippen LogP contribution in [0.5, 0.6) is 0 Å². The molecule has 1 aromatic carbocycles. The number of aromatic nitrogens is 1. The van der Waals surface area contributed by atoms with Crippen molar-refractivity contribution in [2.24, 2.45) is 0 Å². The summed E-state index contributed by atoms with van der Waals surface area (Å²) in [4.78, 5) is 31.0. The number of pyridine rings is 1. The molecule has 1 N–H and O–H groups in total. The van der Waals surface area contributed by atoms with Crippen molar-refractivity contribution in [3.05, 3.63) is 93.6 Å². The lowest BCUT2D eigenvalue weighted by Crippen LogP contribution is -2.32. The van der Waals surface area contributed by atoms with E-state index in [1.807, 2.05) is 0 Å². The van der Waals surface area contributed by atoms with Crippen molar-refractivity contribution >= 4 is 28.7 Å². The van der Waals surface area contributed by atoms with Gasteiger partial charge in [-0.25, -0.2) is 8.78 Å². The largest absolute Gasteiger partial charge is 0.503 e. The van der Waals surface area contributed by atoms with Crippen molar-refractivity contribution in [2.75, 3.05) is 4.90 Å². The predicted octanol–water partition coefficient (Wildman–Crippen LogP) is 4.20. The number of anilines is 1. The molecule has 0 saturated carbocycles. The zero-order valence-electron chi connectivity index (χ0n) is 14.2. The van der Waals surface area contributed by atoms with Crippen molar-refractivity contribution in [3.63, 3.8) is 0 Å². The number of Topliss-reactive ketones (excluding diaryl/α,β-unsaturated/α-hetero) is 1. The van der Waals surface area contributed by atoms with E-state index in [0.29, 0.717) is 10.4 Å². The molecule has 28 heavy (non-hydrogen) atoms. The van der Waals surface area contributed by atoms with Gasteiger partial charge in [-0.05, 0) is 35.2 Å². The number of carbonyl (C=O) groups is 2. The third-order valence-corrected chi connectivity index (χ3v) is 5.23. The number of aliphatic hydroxyl groups excluding tert-OH is 1. The molecule has 2 aromatic heterocycles. The molecule has 1 amide bonds. The van der Waals surface area contributed by atoms with E-state index >= 15 is 0 Å². The van der Waals surface area contributed by atoms with Gasteiger partial charge in [-0.1, -0.05) is 12.1 Å². The van der Waals surface area contributed by atoms with Crippen LogP contribution < -0.4 is 4.90 Å². The molecule has 1 atom stereocenters. The second-order valence-corrected chi connectivity index (χ2v) is 6.98. The molecule has 4 rings (SSSR count). The van der Waals surface area contributed by atoms with Gasteiger partial charge >= 0.3 is 0 Å². The SMILES string of the molecule is O=C(C1=C(O)C(=O)N(c2cc(F)ccc2F)C1c1cccnc1)c1cccs1. The number of amides is 1. The van der Waals surface area contributed by atoms with Crippen molar-refractivity contribution in [1.82, 2.24) is 4.98 Å². The fourth-order valence-electron chi connectivity index (χ4n) is 3.15. The van der Waals surface area contributed by atoms with Gasteiger partial charge < -0.3 is 5.11 Å². The minimum Gasteiger partial charge on any atom is -0.503 e. The van der Waals surface area contributed by atoms with Crippen LogP contribution in [0.15, 0.2) is 71.6 Å². The monoisotopic (exact) mass is 398 g/mol. The number of benzene rings is 1. The van der Waals surface area contributed by atoms with E-state index in [-0.39, 0.29) is 11.3 Å². The standard InChI is InChI=1S/C20H12F2N2O3S/c21-12-5-6-13(22)14(9-12)24-17(11-3-1-7-23-10-11)16(19(26)20(24)27)18(25)15-4-2-8-28-15/h1-10,17,26H. The normalized spacial score (nSPS) is 16.7. The van der Waals surface area contributed by atoms with Gasteiger partial charge in [-0.2, -0.15) is 0 Å². The highest BCUT2D eigenvalue weighted by molar-refractivity contribution is 7.12. The fourth-order valence-corrected chi connectivity index (χ4v) is 3.83. The zero-order valence-corrected chi connectivity index (χ0v) is 15.0. The van der Waals surface area contributed by atoms with Gasteiger partial charge in [0.1, 0.15) is 11.6 Å². The Balaban J connectivity index is 1.92.